The van der Waals surface area contributed by atoms with Gasteiger partial charge in [0.1, 0.15) is 23.1 Å². The Balaban J connectivity index is 1.35. The standard InChI is InChI=1S/C41H32N2O5/c1-47-30-23-20-27(21-24-30)37(44)36-35(39(45)48-38(28-13-4-2-5-14-28)29-15-6-3-7-16-29)41(31-17-9-10-18-32(31)42-40(41)46)34-25-22-26-12-8-11-19-33(26)43(34)36/h2-25,34-36,38H,1H3,(H,42,46)/t34-,35-,36+,41+/m0/s1. The number of Topliss-reactive ketones (excluding diaryl/α,β-unsaturated/α-hetero) is 1. The normalized spacial score (nSPS) is 21.8. The quantitative estimate of drug-likeness (QED) is 0.154. The summed E-state index contributed by atoms with van der Waals surface area (Å²) in [6.45, 7) is 0. The summed E-state index contributed by atoms with van der Waals surface area (Å²) in [7, 11) is 1.57. The van der Waals surface area contributed by atoms with Crippen molar-refractivity contribution >= 4 is 35.1 Å². The van der Waals surface area contributed by atoms with Gasteiger partial charge in [-0.1, -0.05) is 109 Å². The number of anilines is 2. The number of hydrogen-bond acceptors (Lipinski definition) is 6. The minimum Gasteiger partial charge on any atom is -0.497 e. The van der Waals surface area contributed by atoms with Crippen LogP contribution in [0.5, 0.6) is 5.75 Å². The lowest BCUT2D eigenvalue weighted by Crippen LogP contribution is -2.51. The van der Waals surface area contributed by atoms with Gasteiger partial charge < -0.3 is 19.7 Å². The summed E-state index contributed by atoms with van der Waals surface area (Å²) in [4.78, 5) is 46.8. The molecule has 3 heterocycles. The minimum absolute atomic E-state index is 0.292. The Labute approximate surface area is 278 Å². The number of para-hydroxylation sites is 2. The number of rotatable bonds is 7. The van der Waals surface area contributed by atoms with E-state index in [2.05, 4.69) is 5.32 Å². The molecule has 0 aliphatic carbocycles. The summed E-state index contributed by atoms with van der Waals surface area (Å²) < 4.78 is 11.9. The van der Waals surface area contributed by atoms with Crippen molar-refractivity contribution in [1.82, 2.24) is 0 Å². The van der Waals surface area contributed by atoms with Crippen molar-refractivity contribution in [2.75, 3.05) is 17.3 Å². The lowest BCUT2D eigenvalue weighted by molar-refractivity contribution is -0.156. The van der Waals surface area contributed by atoms with Gasteiger partial charge in [0, 0.05) is 16.9 Å². The molecule has 236 valence electrons. The van der Waals surface area contributed by atoms with E-state index < -0.39 is 35.5 Å². The second-order valence-corrected chi connectivity index (χ2v) is 12.3. The molecule has 8 rings (SSSR count). The van der Waals surface area contributed by atoms with E-state index in [1.165, 1.54) is 0 Å². The molecule has 7 heteroatoms. The highest BCUT2D eigenvalue weighted by molar-refractivity contribution is 6.15. The summed E-state index contributed by atoms with van der Waals surface area (Å²) in [5.41, 5.74) is 3.43. The Kier molecular flexibility index (Phi) is 7.17. The average molecular weight is 633 g/mol. The van der Waals surface area contributed by atoms with Gasteiger partial charge in [0.15, 0.2) is 11.9 Å². The second kappa shape index (κ2) is 11.7. The molecule has 0 saturated carbocycles. The Morgan fingerprint density at radius 2 is 1.40 bits per heavy atom. The van der Waals surface area contributed by atoms with Crippen molar-refractivity contribution in [3.8, 4) is 5.75 Å². The van der Waals surface area contributed by atoms with Crippen LogP contribution in [0.15, 0.2) is 140 Å². The van der Waals surface area contributed by atoms with Gasteiger partial charge in [0.05, 0.1) is 13.2 Å². The molecule has 1 N–H and O–H groups in total. The van der Waals surface area contributed by atoms with Gasteiger partial charge in [-0.15, -0.1) is 0 Å². The molecule has 0 bridgehead atoms. The molecule has 5 aromatic carbocycles. The predicted molar refractivity (Wildman–Crippen MR) is 184 cm³/mol. The highest BCUT2D eigenvalue weighted by Crippen LogP contribution is 2.58. The molecule has 0 unspecified atom stereocenters. The molecule has 0 radical (unpaired) electrons. The van der Waals surface area contributed by atoms with E-state index in [-0.39, 0.29) is 11.7 Å². The largest absolute Gasteiger partial charge is 0.497 e. The van der Waals surface area contributed by atoms with Crippen LogP contribution in [0.3, 0.4) is 0 Å². The number of nitrogens with zero attached hydrogens (tertiary/aromatic N) is 1. The zero-order valence-electron chi connectivity index (χ0n) is 26.2. The molecule has 1 spiro atoms. The molecule has 3 aliphatic heterocycles. The smallest absolute Gasteiger partial charge is 0.314 e. The van der Waals surface area contributed by atoms with Crippen molar-refractivity contribution in [2.45, 2.75) is 23.6 Å². The molecular weight excluding hydrogens is 600 g/mol. The fraction of sp³-hybridized carbons (Fsp3) is 0.146. The van der Waals surface area contributed by atoms with Gasteiger partial charge in [-0.2, -0.15) is 0 Å². The SMILES string of the molecule is COc1ccc(C(=O)[C@H]2[C@@H](C(=O)OC(c3ccccc3)c3ccccc3)[C@]3(C(=O)Nc4ccccc43)[C@@H]3C=Cc4ccccc4N32)cc1. The van der Waals surface area contributed by atoms with Crippen LogP contribution in [0.25, 0.3) is 6.08 Å². The molecule has 48 heavy (non-hydrogen) atoms. The first-order valence-electron chi connectivity index (χ1n) is 16.0. The van der Waals surface area contributed by atoms with Crippen LogP contribution < -0.4 is 15.0 Å². The Bertz CT molecular complexity index is 2020. The Hall–Kier alpha value is -5.95. The van der Waals surface area contributed by atoms with E-state index in [4.69, 9.17) is 9.47 Å². The molecule has 0 aromatic heterocycles. The van der Waals surface area contributed by atoms with Crippen LogP contribution >= 0.6 is 0 Å². The summed E-state index contributed by atoms with van der Waals surface area (Å²) in [5.74, 6) is -1.88. The summed E-state index contributed by atoms with van der Waals surface area (Å²) in [5, 5.41) is 3.07. The molecule has 7 nitrogen and oxygen atoms in total. The molecule has 1 saturated heterocycles. The van der Waals surface area contributed by atoms with E-state index in [0.29, 0.717) is 22.6 Å². The topological polar surface area (TPSA) is 84.9 Å². The summed E-state index contributed by atoms with van der Waals surface area (Å²) >= 11 is 0. The van der Waals surface area contributed by atoms with Gasteiger partial charge in [-0.3, -0.25) is 14.4 Å². The number of nitrogens with one attached hydrogen (secondary N) is 1. The highest BCUT2D eigenvalue weighted by Gasteiger charge is 2.71. The first-order valence-corrected chi connectivity index (χ1v) is 16.0. The lowest BCUT2D eigenvalue weighted by atomic mass is 9.66. The maximum absolute atomic E-state index is 15.2. The first-order chi connectivity index (χ1) is 23.5. The van der Waals surface area contributed by atoms with Crippen LogP contribution in [-0.2, 0) is 19.7 Å². The molecular formula is C41H32N2O5. The summed E-state index contributed by atoms with van der Waals surface area (Å²) in [6, 6.07) is 39.4. The fourth-order valence-electron chi connectivity index (χ4n) is 7.78. The van der Waals surface area contributed by atoms with Crippen molar-refractivity contribution in [3.05, 3.63) is 167 Å². The third-order valence-corrected chi connectivity index (χ3v) is 9.88. The number of ketones is 1. The monoisotopic (exact) mass is 632 g/mol. The number of carbonyl (C=O) groups is 3. The number of benzene rings is 5. The number of ether oxygens (including phenoxy) is 2. The minimum atomic E-state index is -1.47. The van der Waals surface area contributed by atoms with E-state index >= 15 is 4.79 Å². The van der Waals surface area contributed by atoms with Gasteiger partial charge in [0.2, 0.25) is 5.91 Å². The van der Waals surface area contributed by atoms with Crippen LogP contribution in [0.2, 0.25) is 0 Å². The van der Waals surface area contributed by atoms with Crippen molar-refractivity contribution in [3.63, 3.8) is 0 Å². The molecule has 4 atom stereocenters. The Morgan fingerprint density at radius 3 is 2.08 bits per heavy atom. The van der Waals surface area contributed by atoms with E-state index in [9.17, 15) is 9.59 Å². The van der Waals surface area contributed by atoms with Gasteiger partial charge in [0.25, 0.3) is 0 Å². The van der Waals surface area contributed by atoms with Crippen LogP contribution in [0.4, 0.5) is 11.4 Å². The molecule has 1 amide bonds. The van der Waals surface area contributed by atoms with Crippen LogP contribution in [0, 0.1) is 5.92 Å². The van der Waals surface area contributed by atoms with E-state index in [1.807, 2.05) is 126 Å². The highest BCUT2D eigenvalue weighted by atomic mass is 16.5. The third kappa shape index (κ3) is 4.46. The number of hydrogen-bond donors (Lipinski definition) is 1. The summed E-state index contributed by atoms with van der Waals surface area (Å²) in [6.07, 6.45) is 3.16. The maximum Gasteiger partial charge on any atom is 0.314 e. The van der Waals surface area contributed by atoms with Crippen LogP contribution in [-0.4, -0.2) is 36.9 Å². The van der Waals surface area contributed by atoms with E-state index in [1.54, 1.807) is 31.4 Å². The number of amides is 1. The van der Waals surface area contributed by atoms with Gasteiger partial charge in [-0.25, -0.2) is 0 Å². The third-order valence-electron chi connectivity index (χ3n) is 9.88. The maximum atomic E-state index is 15.2. The van der Waals surface area contributed by atoms with Gasteiger partial charge >= 0.3 is 5.97 Å². The van der Waals surface area contributed by atoms with Crippen molar-refractivity contribution in [1.29, 1.82) is 0 Å². The molecule has 5 aromatic rings. The Morgan fingerprint density at radius 1 is 0.771 bits per heavy atom. The van der Waals surface area contributed by atoms with Crippen molar-refractivity contribution < 1.29 is 23.9 Å². The second-order valence-electron chi connectivity index (χ2n) is 12.3. The molecule has 1 fully saturated rings. The zero-order valence-corrected chi connectivity index (χ0v) is 26.2. The van der Waals surface area contributed by atoms with Gasteiger partial charge in [-0.05, 0) is 58.7 Å². The predicted octanol–water partition coefficient (Wildman–Crippen LogP) is 7.00. The fourth-order valence-corrected chi connectivity index (χ4v) is 7.78. The molecule has 3 aliphatic rings. The average Bonchev–Trinajstić information content (AvgIpc) is 3.63. The lowest BCUT2D eigenvalue weighted by Gasteiger charge is -2.37. The zero-order chi connectivity index (χ0) is 32.8. The number of esters is 1. The first kappa shape index (κ1) is 29.5. The number of carbonyl (C=O) groups excluding carboxylic acids is 3. The number of fused-ring (bicyclic) bond motifs is 6. The number of methoxy groups -OCH3 is 1. The van der Waals surface area contributed by atoms with Crippen molar-refractivity contribution in [2.24, 2.45) is 5.92 Å². The van der Waals surface area contributed by atoms with Crippen LogP contribution in [0.1, 0.15) is 38.7 Å². The van der Waals surface area contributed by atoms with E-state index in [0.717, 1.165) is 22.4 Å².